The Balaban J connectivity index is 1.91. The van der Waals surface area contributed by atoms with E-state index in [1.165, 1.54) is 35.2 Å². The SMILES string of the molecule is CCNC(=O)N(Cc1ccc(F)cc1)Cc1cc(Cl)ccc1OS(=O)(=O)c1ccc(F)cc1. The van der Waals surface area contributed by atoms with Crippen molar-refractivity contribution in [3.63, 3.8) is 0 Å². The van der Waals surface area contributed by atoms with Gasteiger partial charge in [-0.2, -0.15) is 8.42 Å². The number of urea groups is 1. The van der Waals surface area contributed by atoms with E-state index in [4.69, 9.17) is 15.8 Å². The average Bonchev–Trinajstić information content (AvgIpc) is 2.77. The van der Waals surface area contributed by atoms with Gasteiger partial charge in [0.2, 0.25) is 0 Å². The van der Waals surface area contributed by atoms with Crippen LogP contribution in [0.15, 0.2) is 71.6 Å². The molecule has 3 rings (SSSR count). The van der Waals surface area contributed by atoms with E-state index in [2.05, 4.69) is 5.32 Å². The molecule has 0 aromatic heterocycles. The van der Waals surface area contributed by atoms with E-state index in [1.807, 2.05) is 0 Å². The average molecular weight is 495 g/mol. The monoisotopic (exact) mass is 494 g/mol. The van der Waals surface area contributed by atoms with Crippen molar-refractivity contribution >= 4 is 27.8 Å². The van der Waals surface area contributed by atoms with Crippen LogP contribution >= 0.6 is 11.6 Å². The summed E-state index contributed by atoms with van der Waals surface area (Å²) in [5, 5.41) is 3.01. The lowest BCUT2D eigenvalue weighted by Crippen LogP contribution is -2.39. The number of carbonyl (C=O) groups excluding carboxylic acids is 1. The van der Waals surface area contributed by atoms with Gasteiger partial charge in [0.15, 0.2) is 0 Å². The Labute approximate surface area is 195 Å². The number of rotatable bonds is 8. The Morgan fingerprint density at radius 1 is 0.970 bits per heavy atom. The van der Waals surface area contributed by atoms with Crippen LogP contribution in [0.1, 0.15) is 18.1 Å². The molecule has 0 atom stereocenters. The molecule has 0 saturated carbocycles. The molecule has 0 aliphatic carbocycles. The van der Waals surface area contributed by atoms with Crippen molar-refractivity contribution < 1.29 is 26.2 Å². The maximum atomic E-state index is 13.3. The molecule has 0 aliphatic heterocycles. The fourth-order valence-electron chi connectivity index (χ4n) is 3.00. The highest BCUT2D eigenvalue weighted by atomic mass is 35.5. The predicted octanol–water partition coefficient (Wildman–Crippen LogP) is 5.12. The second-order valence-electron chi connectivity index (χ2n) is 7.06. The highest BCUT2D eigenvalue weighted by molar-refractivity contribution is 7.87. The van der Waals surface area contributed by atoms with Crippen molar-refractivity contribution in [3.05, 3.63) is 94.5 Å². The van der Waals surface area contributed by atoms with E-state index in [1.54, 1.807) is 19.1 Å². The molecule has 33 heavy (non-hydrogen) atoms. The van der Waals surface area contributed by atoms with Gasteiger partial charge >= 0.3 is 16.1 Å². The zero-order chi connectivity index (χ0) is 24.0. The van der Waals surface area contributed by atoms with Crippen molar-refractivity contribution in [2.24, 2.45) is 0 Å². The third-order valence-electron chi connectivity index (χ3n) is 4.59. The Bertz CT molecular complexity index is 1220. The van der Waals surface area contributed by atoms with Crippen molar-refractivity contribution in [1.29, 1.82) is 0 Å². The molecule has 1 N–H and O–H groups in total. The standard InChI is InChI=1S/C23H21ClF2N2O4S/c1-2-27-23(29)28(14-16-3-6-19(25)7-4-16)15-17-13-18(24)5-12-22(17)32-33(30,31)21-10-8-20(26)9-11-21/h3-13H,2,14-15H2,1H3,(H,27,29). The lowest BCUT2D eigenvalue weighted by molar-refractivity contribution is 0.192. The van der Waals surface area contributed by atoms with Crippen LogP contribution in [0, 0.1) is 11.6 Å². The first-order valence-electron chi connectivity index (χ1n) is 9.93. The summed E-state index contributed by atoms with van der Waals surface area (Å²) in [6.45, 7) is 2.22. The molecule has 3 aromatic rings. The van der Waals surface area contributed by atoms with E-state index < -0.39 is 27.8 Å². The van der Waals surface area contributed by atoms with Gasteiger partial charge in [-0.15, -0.1) is 0 Å². The Hall–Kier alpha value is -3.17. The largest absolute Gasteiger partial charge is 0.379 e. The third-order valence-corrected chi connectivity index (χ3v) is 6.07. The smallest absolute Gasteiger partial charge is 0.339 e. The first-order valence-corrected chi connectivity index (χ1v) is 11.7. The van der Waals surface area contributed by atoms with Crippen LogP contribution < -0.4 is 9.50 Å². The summed E-state index contributed by atoms with van der Waals surface area (Å²) >= 11 is 6.12. The van der Waals surface area contributed by atoms with Crippen LogP contribution in [0.25, 0.3) is 0 Å². The quantitative estimate of drug-likeness (QED) is 0.441. The molecule has 0 saturated heterocycles. The van der Waals surface area contributed by atoms with Gasteiger partial charge in [-0.25, -0.2) is 13.6 Å². The minimum Gasteiger partial charge on any atom is -0.379 e. The fourth-order valence-corrected chi connectivity index (χ4v) is 4.16. The molecule has 0 radical (unpaired) electrons. The summed E-state index contributed by atoms with van der Waals surface area (Å²) in [6, 6.07) is 13.8. The van der Waals surface area contributed by atoms with E-state index in [0.717, 1.165) is 24.3 Å². The maximum Gasteiger partial charge on any atom is 0.339 e. The van der Waals surface area contributed by atoms with Gasteiger partial charge in [0.1, 0.15) is 22.3 Å². The van der Waals surface area contributed by atoms with Crippen LogP contribution in [0.2, 0.25) is 5.02 Å². The lowest BCUT2D eigenvalue weighted by atomic mass is 10.1. The van der Waals surface area contributed by atoms with Gasteiger partial charge in [0, 0.05) is 23.7 Å². The van der Waals surface area contributed by atoms with Crippen LogP contribution in [-0.2, 0) is 23.2 Å². The number of halogens is 3. The number of benzene rings is 3. The van der Waals surface area contributed by atoms with Gasteiger partial charge in [-0.1, -0.05) is 23.7 Å². The van der Waals surface area contributed by atoms with Crippen LogP contribution in [0.5, 0.6) is 5.75 Å². The number of hydrogen-bond acceptors (Lipinski definition) is 4. The topological polar surface area (TPSA) is 75.7 Å². The van der Waals surface area contributed by atoms with Crippen LogP contribution in [0.3, 0.4) is 0 Å². The van der Waals surface area contributed by atoms with Gasteiger partial charge in [0.25, 0.3) is 0 Å². The molecule has 0 spiro atoms. The molecular weight excluding hydrogens is 474 g/mol. The van der Waals surface area contributed by atoms with Gasteiger partial charge < -0.3 is 14.4 Å². The van der Waals surface area contributed by atoms with Crippen LogP contribution in [-0.4, -0.2) is 25.9 Å². The fraction of sp³-hybridized carbons (Fsp3) is 0.174. The summed E-state index contributed by atoms with van der Waals surface area (Å²) in [6.07, 6.45) is 0. The van der Waals surface area contributed by atoms with E-state index >= 15 is 0 Å². The zero-order valence-electron chi connectivity index (χ0n) is 17.6. The zero-order valence-corrected chi connectivity index (χ0v) is 19.2. The van der Waals surface area contributed by atoms with E-state index in [-0.39, 0.29) is 23.7 Å². The van der Waals surface area contributed by atoms with Gasteiger partial charge in [-0.05, 0) is 67.1 Å². The molecule has 0 unspecified atom stereocenters. The van der Waals surface area contributed by atoms with Crippen molar-refractivity contribution in [2.75, 3.05) is 6.54 Å². The normalized spacial score (nSPS) is 11.2. The number of carbonyl (C=O) groups is 1. The lowest BCUT2D eigenvalue weighted by Gasteiger charge is -2.24. The molecule has 10 heteroatoms. The molecular formula is C23H21ClF2N2O4S. The molecule has 2 amide bonds. The van der Waals surface area contributed by atoms with Crippen molar-refractivity contribution in [2.45, 2.75) is 24.9 Å². The van der Waals surface area contributed by atoms with E-state index in [0.29, 0.717) is 22.7 Å². The molecule has 0 heterocycles. The minimum atomic E-state index is -4.27. The first kappa shape index (κ1) is 24.5. The summed E-state index contributed by atoms with van der Waals surface area (Å²) in [4.78, 5) is 13.9. The molecule has 174 valence electrons. The number of nitrogens with zero attached hydrogens (tertiary/aromatic N) is 1. The van der Waals surface area contributed by atoms with Crippen molar-refractivity contribution in [3.8, 4) is 5.75 Å². The number of hydrogen-bond donors (Lipinski definition) is 1. The summed E-state index contributed by atoms with van der Waals surface area (Å²) in [5.74, 6) is -1.02. The Kier molecular flexibility index (Phi) is 7.88. The highest BCUT2D eigenvalue weighted by Gasteiger charge is 2.22. The summed E-state index contributed by atoms with van der Waals surface area (Å²) in [7, 11) is -4.27. The Morgan fingerprint density at radius 3 is 2.18 bits per heavy atom. The van der Waals surface area contributed by atoms with E-state index in [9.17, 15) is 22.0 Å². The molecule has 6 nitrogen and oxygen atoms in total. The molecule has 0 fully saturated rings. The molecule has 0 aliphatic rings. The van der Waals surface area contributed by atoms with Gasteiger partial charge in [-0.3, -0.25) is 0 Å². The van der Waals surface area contributed by atoms with Crippen LogP contribution in [0.4, 0.5) is 13.6 Å². The molecule has 3 aromatic carbocycles. The highest BCUT2D eigenvalue weighted by Crippen LogP contribution is 2.28. The predicted molar refractivity (Wildman–Crippen MR) is 120 cm³/mol. The summed E-state index contributed by atoms with van der Waals surface area (Å²) < 4.78 is 57.1. The number of amides is 2. The minimum absolute atomic E-state index is 0.0304. The molecule has 0 bridgehead atoms. The summed E-state index contributed by atoms with van der Waals surface area (Å²) in [5.41, 5.74) is 1.01. The van der Waals surface area contributed by atoms with Crippen molar-refractivity contribution in [1.82, 2.24) is 10.2 Å². The second-order valence-corrected chi connectivity index (χ2v) is 9.04. The third kappa shape index (κ3) is 6.66. The Morgan fingerprint density at radius 2 is 1.58 bits per heavy atom. The second kappa shape index (κ2) is 10.6. The van der Waals surface area contributed by atoms with Gasteiger partial charge in [0.05, 0.1) is 6.54 Å². The maximum absolute atomic E-state index is 13.3. The first-order chi connectivity index (χ1) is 15.7. The number of nitrogens with one attached hydrogen (secondary N) is 1.